The molecule has 98 valence electrons. The van der Waals surface area contributed by atoms with Crippen LogP contribution >= 0.6 is 11.6 Å². The largest absolute Gasteiger partial charge is 0.380 e. The summed E-state index contributed by atoms with van der Waals surface area (Å²) in [5.41, 5.74) is 1.42. The number of nitro groups is 1. The molecule has 0 aliphatic heterocycles. The van der Waals surface area contributed by atoms with Crippen molar-refractivity contribution in [3.05, 3.63) is 69.0 Å². The molecular weight excluding hydrogens is 271 g/mol. The molecule has 0 saturated heterocycles. The van der Waals surface area contributed by atoms with Crippen molar-refractivity contribution in [2.75, 3.05) is 5.32 Å². The van der Waals surface area contributed by atoms with Gasteiger partial charge >= 0.3 is 0 Å². The maximum absolute atomic E-state index is 12.7. The van der Waals surface area contributed by atoms with Crippen LogP contribution in [0.5, 0.6) is 0 Å². The van der Waals surface area contributed by atoms with E-state index in [1.165, 1.54) is 24.3 Å². The predicted octanol–water partition coefficient (Wildman–Crippen LogP) is 4.00. The maximum Gasteiger partial charge on any atom is 0.271 e. The average molecular weight is 281 g/mol. The van der Waals surface area contributed by atoms with Gasteiger partial charge in [-0.2, -0.15) is 0 Å². The third-order valence-electron chi connectivity index (χ3n) is 2.56. The van der Waals surface area contributed by atoms with Crippen LogP contribution in [-0.2, 0) is 6.54 Å². The van der Waals surface area contributed by atoms with E-state index in [9.17, 15) is 14.5 Å². The molecule has 0 atom stereocenters. The standard InChI is InChI=1S/C13H10ClFN2O2/c14-12-7-11(17(18)19)5-6-13(12)16-8-9-1-3-10(15)4-2-9/h1-7,16H,8H2. The van der Waals surface area contributed by atoms with Crippen LogP contribution in [0.3, 0.4) is 0 Å². The first-order valence-electron chi connectivity index (χ1n) is 5.48. The Labute approximate surface area is 114 Å². The lowest BCUT2D eigenvalue weighted by atomic mass is 10.2. The summed E-state index contributed by atoms with van der Waals surface area (Å²) >= 11 is 5.94. The molecule has 0 amide bonds. The molecule has 0 aromatic heterocycles. The second-order valence-corrected chi connectivity index (χ2v) is 4.31. The number of benzene rings is 2. The molecule has 0 radical (unpaired) electrons. The lowest BCUT2D eigenvalue weighted by Gasteiger charge is -2.08. The number of non-ortho nitro benzene ring substituents is 1. The van der Waals surface area contributed by atoms with Crippen LogP contribution in [0.25, 0.3) is 0 Å². The van der Waals surface area contributed by atoms with Crippen molar-refractivity contribution >= 4 is 23.0 Å². The first-order valence-corrected chi connectivity index (χ1v) is 5.86. The molecular formula is C13H10ClFN2O2. The van der Waals surface area contributed by atoms with E-state index < -0.39 is 4.92 Å². The highest BCUT2D eigenvalue weighted by atomic mass is 35.5. The molecule has 0 fully saturated rings. The van der Waals surface area contributed by atoms with Crippen LogP contribution in [0.1, 0.15) is 5.56 Å². The first kappa shape index (κ1) is 13.3. The Morgan fingerprint density at radius 1 is 1.21 bits per heavy atom. The predicted molar refractivity (Wildman–Crippen MR) is 71.8 cm³/mol. The Hall–Kier alpha value is -2.14. The zero-order valence-corrected chi connectivity index (χ0v) is 10.5. The summed E-state index contributed by atoms with van der Waals surface area (Å²) in [5.74, 6) is -0.294. The third-order valence-corrected chi connectivity index (χ3v) is 2.87. The molecule has 0 aliphatic carbocycles. The average Bonchev–Trinajstić information content (AvgIpc) is 2.39. The topological polar surface area (TPSA) is 55.2 Å². The number of anilines is 1. The number of nitro benzene ring substituents is 1. The van der Waals surface area contributed by atoms with Crippen LogP contribution in [0.15, 0.2) is 42.5 Å². The molecule has 0 aliphatic rings. The number of rotatable bonds is 4. The van der Waals surface area contributed by atoms with E-state index in [4.69, 9.17) is 11.6 Å². The number of hydrogen-bond acceptors (Lipinski definition) is 3. The Balaban J connectivity index is 2.07. The van der Waals surface area contributed by atoms with Gasteiger partial charge in [0.2, 0.25) is 0 Å². The van der Waals surface area contributed by atoms with Crippen LogP contribution in [0, 0.1) is 15.9 Å². The summed E-state index contributed by atoms with van der Waals surface area (Å²) in [7, 11) is 0. The van der Waals surface area contributed by atoms with Crippen molar-refractivity contribution in [3.63, 3.8) is 0 Å². The van der Waals surface area contributed by atoms with E-state index in [-0.39, 0.29) is 16.5 Å². The van der Waals surface area contributed by atoms with E-state index in [2.05, 4.69) is 5.32 Å². The maximum atomic E-state index is 12.7. The van der Waals surface area contributed by atoms with Crippen LogP contribution in [0.4, 0.5) is 15.8 Å². The first-order chi connectivity index (χ1) is 9.06. The van der Waals surface area contributed by atoms with E-state index >= 15 is 0 Å². The van der Waals surface area contributed by atoms with Gasteiger partial charge in [0.25, 0.3) is 5.69 Å². The van der Waals surface area contributed by atoms with Crippen LogP contribution in [0.2, 0.25) is 5.02 Å². The zero-order valence-electron chi connectivity index (χ0n) is 9.77. The van der Waals surface area contributed by atoms with Gasteiger partial charge in [-0.15, -0.1) is 0 Å². The number of nitrogens with one attached hydrogen (secondary N) is 1. The van der Waals surface area contributed by atoms with Gasteiger partial charge < -0.3 is 5.32 Å². The molecule has 0 unspecified atom stereocenters. The molecule has 0 spiro atoms. The molecule has 0 saturated carbocycles. The fourth-order valence-corrected chi connectivity index (χ4v) is 1.80. The molecule has 2 rings (SSSR count). The quantitative estimate of drug-likeness (QED) is 0.680. The van der Waals surface area contributed by atoms with E-state index in [1.807, 2.05) is 0 Å². The Morgan fingerprint density at radius 3 is 2.47 bits per heavy atom. The molecule has 0 heterocycles. The SMILES string of the molecule is O=[N+]([O-])c1ccc(NCc2ccc(F)cc2)c(Cl)c1. The fourth-order valence-electron chi connectivity index (χ4n) is 1.56. The summed E-state index contributed by atoms with van der Waals surface area (Å²) in [4.78, 5) is 10.1. The number of hydrogen-bond donors (Lipinski definition) is 1. The highest BCUT2D eigenvalue weighted by Crippen LogP contribution is 2.26. The molecule has 19 heavy (non-hydrogen) atoms. The van der Waals surface area contributed by atoms with Gasteiger partial charge in [-0.1, -0.05) is 23.7 Å². The van der Waals surface area contributed by atoms with E-state index in [0.717, 1.165) is 5.56 Å². The molecule has 4 nitrogen and oxygen atoms in total. The van der Waals surface area contributed by atoms with Gasteiger partial charge in [-0.05, 0) is 23.8 Å². The molecule has 2 aromatic carbocycles. The van der Waals surface area contributed by atoms with E-state index in [0.29, 0.717) is 12.2 Å². The van der Waals surface area contributed by atoms with E-state index in [1.54, 1.807) is 18.2 Å². The summed E-state index contributed by atoms with van der Waals surface area (Å²) in [5, 5.41) is 13.9. The highest BCUT2D eigenvalue weighted by Gasteiger charge is 2.08. The minimum atomic E-state index is -0.504. The zero-order chi connectivity index (χ0) is 13.8. The summed E-state index contributed by atoms with van der Waals surface area (Å²) in [6, 6.07) is 10.3. The molecule has 2 aromatic rings. The Kier molecular flexibility index (Phi) is 3.97. The monoisotopic (exact) mass is 280 g/mol. The van der Waals surface area contributed by atoms with Crippen molar-refractivity contribution in [2.45, 2.75) is 6.54 Å². The second kappa shape index (κ2) is 5.67. The van der Waals surface area contributed by atoms with Crippen molar-refractivity contribution in [1.82, 2.24) is 0 Å². The van der Waals surface area contributed by atoms with Gasteiger partial charge in [0.1, 0.15) is 5.82 Å². The lowest BCUT2D eigenvalue weighted by Crippen LogP contribution is -2.00. The van der Waals surface area contributed by atoms with Crippen LogP contribution < -0.4 is 5.32 Å². The van der Waals surface area contributed by atoms with Gasteiger partial charge in [-0.25, -0.2) is 4.39 Å². The minimum Gasteiger partial charge on any atom is -0.380 e. The van der Waals surface area contributed by atoms with Gasteiger partial charge in [0.05, 0.1) is 15.6 Å². The molecule has 1 N–H and O–H groups in total. The normalized spacial score (nSPS) is 10.2. The Bertz CT molecular complexity index is 602. The fraction of sp³-hybridized carbons (Fsp3) is 0.0769. The number of halogens is 2. The van der Waals surface area contributed by atoms with Gasteiger partial charge in [0.15, 0.2) is 0 Å². The molecule has 6 heteroatoms. The van der Waals surface area contributed by atoms with Crippen molar-refractivity contribution < 1.29 is 9.31 Å². The van der Waals surface area contributed by atoms with Crippen molar-refractivity contribution in [2.24, 2.45) is 0 Å². The van der Waals surface area contributed by atoms with Crippen LogP contribution in [-0.4, -0.2) is 4.92 Å². The second-order valence-electron chi connectivity index (χ2n) is 3.90. The summed E-state index contributed by atoms with van der Waals surface area (Å²) in [6.45, 7) is 0.456. The van der Waals surface area contributed by atoms with Gasteiger partial charge in [0, 0.05) is 18.7 Å². The smallest absolute Gasteiger partial charge is 0.271 e. The summed E-state index contributed by atoms with van der Waals surface area (Å²) < 4.78 is 12.7. The van der Waals surface area contributed by atoms with Crippen molar-refractivity contribution in [1.29, 1.82) is 0 Å². The molecule has 0 bridgehead atoms. The lowest BCUT2D eigenvalue weighted by molar-refractivity contribution is -0.384. The van der Waals surface area contributed by atoms with Crippen molar-refractivity contribution in [3.8, 4) is 0 Å². The number of nitrogens with zero attached hydrogens (tertiary/aromatic N) is 1. The summed E-state index contributed by atoms with van der Waals surface area (Å²) in [6.07, 6.45) is 0. The van der Waals surface area contributed by atoms with Gasteiger partial charge in [-0.3, -0.25) is 10.1 Å². The third kappa shape index (κ3) is 3.42. The highest BCUT2D eigenvalue weighted by molar-refractivity contribution is 6.33. The Morgan fingerprint density at radius 2 is 1.89 bits per heavy atom. The minimum absolute atomic E-state index is 0.0580.